The van der Waals surface area contributed by atoms with E-state index in [1.54, 1.807) is 18.5 Å². The van der Waals surface area contributed by atoms with Gasteiger partial charge < -0.3 is 10.5 Å². The Kier molecular flexibility index (Phi) is 2.60. The van der Waals surface area contributed by atoms with E-state index in [0.717, 1.165) is 11.3 Å². The Hall–Kier alpha value is -2.14. The number of fused-ring (bicyclic) bond motifs is 1. The molecule has 1 aliphatic rings. The second-order valence-corrected chi connectivity index (χ2v) is 4.24. The third kappa shape index (κ3) is 1.89. The molecule has 0 fully saturated rings. The fourth-order valence-electron chi connectivity index (χ4n) is 2.11. The third-order valence-corrected chi connectivity index (χ3v) is 3.00. The number of phenolic OH excluding ortho intramolecular Hbond substituents is 1. The highest BCUT2D eigenvalue weighted by molar-refractivity contribution is 5.43. The molecule has 0 bridgehead atoms. The highest BCUT2D eigenvalue weighted by atomic mass is 19.1. The number of halogens is 1. The zero-order valence-corrected chi connectivity index (χ0v) is 9.60. The van der Waals surface area contributed by atoms with E-state index in [1.165, 1.54) is 6.07 Å². The zero-order chi connectivity index (χ0) is 12.5. The van der Waals surface area contributed by atoms with Gasteiger partial charge in [-0.1, -0.05) is 6.07 Å². The molecule has 92 valence electrons. The van der Waals surface area contributed by atoms with Crippen LogP contribution in [-0.2, 0) is 13.1 Å². The summed E-state index contributed by atoms with van der Waals surface area (Å²) in [6.45, 7) is 1.03. The largest absolute Gasteiger partial charge is 0.505 e. The highest BCUT2D eigenvalue weighted by Gasteiger charge is 2.23. The molecule has 1 aromatic carbocycles. The van der Waals surface area contributed by atoms with Crippen molar-refractivity contribution >= 4 is 5.69 Å². The van der Waals surface area contributed by atoms with E-state index in [-0.39, 0.29) is 5.75 Å². The van der Waals surface area contributed by atoms with Crippen LogP contribution >= 0.6 is 0 Å². The van der Waals surface area contributed by atoms with Gasteiger partial charge in [0, 0.05) is 31.0 Å². The Labute approximate surface area is 104 Å². The lowest BCUT2D eigenvalue weighted by atomic mass is 10.1. The minimum absolute atomic E-state index is 0.292. The number of rotatable bonds is 2. The van der Waals surface area contributed by atoms with E-state index >= 15 is 0 Å². The van der Waals surface area contributed by atoms with Crippen LogP contribution in [0.25, 0.3) is 0 Å². The van der Waals surface area contributed by atoms with Gasteiger partial charge >= 0.3 is 0 Å². The number of anilines is 1. The maximum absolute atomic E-state index is 13.7. The summed E-state index contributed by atoms with van der Waals surface area (Å²) in [6.07, 6.45) is 3.38. The molecule has 0 saturated heterocycles. The molecule has 18 heavy (non-hydrogen) atoms. The molecule has 0 saturated carbocycles. The molecule has 0 radical (unpaired) electrons. The number of nitrogens with zero attached hydrogens (tertiary/aromatic N) is 2. The molecule has 1 aromatic heterocycles. The monoisotopic (exact) mass is 245 g/mol. The minimum atomic E-state index is -0.522. The quantitative estimate of drug-likeness (QED) is 0.852. The van der Waals surface area contributed by atoms with Crippen molar-refractivity contribution in [1.29, 1.82) is 0 Å². The van der Waals surface area contributed by atoms with E-state index in [0.29, 0.717) is 18.7 Å². The minimum Gasteiger partial charge on any atom is -0.505 e. The number of nitrogens with one attached hydrogen (secondary N) is 1. The first kappa shape index (κ1) is 11.0. The number of aromatic nitrogens is 1. The van der Waals surface area contributed by atoms with Crippen LogP contribution in [0.1, 0.15) is 11.1 Å². The van der Waals surface area contributed by atoms with Crippen molar-refractivity contribution in [3.8, 4) is 5.75 Å². The topological polar surface area (TPSA) is 48.4 Å². The summed E-state index contributed by atoms with van der Waals surface area (Å²) in [5.74, 6) is -0.814. The van der Waals surface area contributed by atoms with Gasteiger partial charge in [0.2, 0.25) is 0 Å². The Bertz CT molecular complexity index is 574. The number of hydrogen-bond donors (Lipinski definition) is 2. The van der Waals surface area contributed by atoms with Gasteiger partial charge in [-0.3, -0.25) is 4.98 Å². The van der Waals surface area contributed by atoms with E-state index in [4.69, 9.17) is 0 Å². The van der Waals surface area contributed by atoms with E-state index in [2.05, 4.69) is 10.4 Å². The number of hydrazine groups is 1. The van der Waals surface area contributed by atoms with Gasteiger partial charge in [-0.2, -0.15) is 0 Å². The van der Waals surface area contributed by atoms with Crippen LogP contribution in [0.5, 0.6) is 5.75 Å². The molecule has 2 aromatic rings. The molecule has 0 unspecified atom stereocenters. The van der Waals surface area contributed by atoms with Crippen LogP contribution in [-0.4, -0.2) is 15.1 Å². The Morgan fingerprint density at radius 3 is 2.72 bits per heavy atom. The lowest BCUT2D eigenvalue weighted by Crippen LogP contribution is -2.23. The lowest BCUT2D eigenvalue weighted by Gasteiger charge is -2.17. The smallest absolute Gasteiger partial charge is 0.169 e. The molecule has 2 N–H and O–H groups in total. The first-order valence-corrected chi connectivity index (χ1v) is 5.65. The maximum Gasteiger partial charge on any atom is 0.169 e. The molecule has 2 heterocycles. The first-order valence-electron chi connectivity index (χ1n) is 5.65. The van der Waals surface area contributed by atoms with Crippen molar-refractivity contribution in [1.82, 2.24) is 9.99 Å². The van der Waals surface area contributed by atoms with Gasteiger partial charge in [-0.05, 0) is 23.8 Å². The van der Waals surface area contributed by atoms with Crippen LogP contribution in [0, 0.1) is 5.82 Å². The van der Waals surface area contributed by atoms with Crippen LogP contribution in [0.3, 0.4) is 0 Å². The predicted octanol–water partition coefficient (Wildman–Crippen LogP) is 2.27. The van der Waals surface area contributed by atoms with Crippen LogP contribution in [0.4, 0.5) is 10.1 Å². The molecule has 4 nitrogen and oxygen atoms in total. The predicted molar refractivity (Wildman–Crippen MR) is 65.2 cm³/mol. The van der Waals surface area contributed by atoms with Crippen LogP contribution in [0.15, 0.2) is 36.7 Å². The molecule has 0 spiro atoms. The van der Waals surface area contributed by atoms with E-state index < -0.39 is 5.82 Å². The summed E-state index contributed by atoms with van der Waals surface area (Å²) in [4.78, 5) is 3.93. The second-order valence-electron chi connectivity index (χ2n) is 4.24. The van der Waals surface area contributed by atoms with Crippen molar-refractivity contribution in [2.45, 2.75) is 13.1 Å². The molecule has 0 aliphatic carbocycles. The molecule has 1 aliphatic heterocycles. The molecular formula is C13H12FN3O. The standard InChI is InChI=1S/C13H12FN3O/c14-13-11-8-17(7-9(11)1-2-12(13)18)16-10-3-5-15-6-4-10/h1-6,18H,7-8H2,(H,15,16). The van der Waals surface area contributed by atoms with Crippen molar-refractivity contribution in [2.24, 2.45) is 0 Å². The fourth-order valence-corrected chi connectivity index (χ4v) is 2.11. The maximum atomic E-state index is 13.7. The third-order valence-electron chi connectivity index (χ3n) is 3.00. The number of pyridine rings is 1. The van der Waals surface area contributed by atoms with Gasteiger partial charge in [-0.15, -0.1) is 0 Å². The number of hydrogen-bond acceptors (Lipinski definition) is 4. The van der Waals surface area contributed by atoms with Gasteiger partial charge in [0.1, 0.15) is 0 Å². The second kappa shape index (κ2) is 4.27. The highest BCUT2D eigenvalue weighted by Crippen LogP contribution is 2.30. The lowest BCUT2D eigenvalue weighted by molar-refractivity contribution is 0.342. The van der Waals surface area contributed by atoms with Crippen molar-refractivity contribution in [3.63, 3.8) is 0 Å². The van der Waals surface area contributed by atoms with Crippen molar-refractivity contribution < 1.29 is 9.50 Å². The zero-order valence-electron chi connectivity index (χ0n) is 9.60. The fraction of sp³-hybridized carbons (Fsp3) is 0.154. The molecule has 0 atom stereocenters. The normalized spacial score (nSPS) is 14.5. The first-order chi connectivity index (χ1) is 8.74. The Balaban J connectivity index is 1.79. The van der Waals surface area contributed by atoms with Crippen molar-refractivity contribution in [2.75, 3.05) is 5.43 Å². The summed E-state index contributed by atoms with van der Waals surface area (Å²) in [6, 6.07) is 6.83. The van der Waals surface area contributed by atoms with E-state index in [1.807, 2.05) is 17.1 Å². The van der Waals surface area contributed by atoms with Gasteiger partial charge in [0.25, 0.3) is 0 Å². The Morgan fingerprint density at radius 1 is 1.17 bits per heavy atom. The summed E-state index contributed by atoms with van der Waals surface area (Å²) < 4.78 is 13.7. The summed E-state index contributed by atoms with van der Waals surface area (Å²) >= 11 is 0. The summed E-state index contributed by atoms with van der Waals surface area (Å²) in [7, 11) is 0. The van der Waals surface area contributed by atoms with Crippen LogP contribution < -0.4 is 5.43 Å². The summed E-state index contributed by atoms with van der Waals surface area (Å²) in [5.41, 5.74) is 5.53. The van der Waals surface area contributed by atoms with Gasteiger partial charge in [0.15, 0.2) is 11.6 Å². The number of benzene rings is 1. The van der Waals surface area contributed by atoms with E-state index in [9.17, 15) is 9.50 Å². The average molecular weight is 245 g/mol. The Morgan fingerprint density at radius 2 is 1.94 bits per heavy atom. The molecule has 3 rings (SSSR count). The molecular weight excluding hydrogens is 233 g/mol. The summed E-state index contributed by atoms with van der Waals surface area (Å²) in [5, 5.41) is 11.2. The molecule has 0 amide bonds. The molecule has 5 heteroatoms. The number of phenols is 1. The van der Waals surface area contributed by atoms with Crippen molar-refractivity contribution in [3.05, 3.63) is 53.6 Å². The average Bonchev–Trinajstić information content (AvgIpc) is 2.79. The number of aromatic hydroxyl groups is 1. The van der Waals surface area contributed by atoms with Gasteiger partial charge in [0.05, 0.1) is 5.69 Å². The van der Waals surface area contributed by atoms with Gasteiger partial charge in [-0.25, -0.2) is 9.40 Å². The SMILES string of the molecule is Oc1ccc2c(c1F)CN(Nc1ccncc1)C2. The van der Waals surface area contributed by atoms with Crippen LogP contribution in [0.2, 0.25) is 0 Å².